The molecule has 0 bridgehead atoms. The highest BCUT2D eigenvalue weighted by Crippen LogP contribution is 2.30. The number of hydrogen-bond acceptors (Lipinski definition) is 2. The Labute approximate surface area is 103 Å². The number of rotatable bonds is 2. The van der Waals surface area contributed by atoms with Crippen LogP contribution in [0.25, 0.3) is 0 Å². The molecule has 96 valence electrons. The Hall–Kier alpha value is -1.06. The van der Waals surface area contributed by atoms with Crippen LogP contribution in [-0.4, -0.2) is 29.8 Å². The van der Waals surface area contributed by atoms with Gasteiger partial charge < -0.3 is 10.6 Å². The Bertz CT molecular complexity index is 290. The average molecular weight is 238 g/mol. The molecule has 4 heteroatoms. The number of hydrogen-bond donors (Lipinski definition) is 1. The summed E-state index contributed by atoms with van der Waals surface area (Å²) in [6.07, 6.45) is 6.79. The third-order valence-corrected chi connectivity index (χ3v) is 4.15. The predicted molar refractivity (Wildman–Crippen MR) is 65.1 cm³/mol. The van der Waals surface area contributed by atoms with Gasteiger partial charge in [0.15, 0.2) is 0 Å². The molecule has 2 fully saturated rings. The van der Waals surface area contributed by atoms with Gasteiger partial charge in [-0.05, 0) is 44.9 Å². The van der Waals surface area contributed by atoms with Crippen molar-refractivity contribution in [3.05, 3.63) is 0 Å². The molecule has 0 spiro atoms. The standard InChI is InChI=1S/C13H22N2O2/c14-12(16)10-4-6-11(7-5-10)13(17)15-8-2-1-3-9-15/h10-11H,1-9H2,(H2,14,16). The monoisotopic (exact) mass is 238 g/mol. The number of carbonyl (C=O) groups excluding carboxylic acids is 2. The lowest BCUT2D eigenvalue weighted by Crippen LogP contribution is -2.41. The van der Waals surface area contributed by atoms with Gasteiger partial charge in [0.05, 0.1) is 0 Å². The van der Waals surface area contributed by atoms with E-state index in [1.54, 1.807) is 0 Å². The number of piperidine rings is 1. The summed E-state index contributed by atoms with van der Waals surface area (Å²) >= 11 is 0. The molecule has 1 saturated carbocycles. The summed E-state index contributed by atoms with van der Waals surface area (Å²) in [6, 6.07) is 0. The fourth-order valence-corrected chi connectivity index (χ4v) is 3.00. The fourth-order valence-electron chi connectivity index (χ4n) is 3.00. The third kappa shape index (κ3) is 2.99. The van der Waals surface area contributed by atoms with Crippen LogP contribution < -0.4 is 5.73 Å². The minimum atomic E-state index is -0.200. The largest absolute Gasteiger partial charge is 0.369 e. The zero-order valence-electron chi connectivity index (χ0n) is 10.4. The molecule has 0 aromatic carbocycles. The molecule has 1 saturated heterocycles. The number of amides is 2. The predicted octanol–water partition coefficient (Wildman–Crippen LogP) is 1.29. The topological polar surface area (TPSA) is 63.4 Å². The number of nitrogens with zero attached hydrogens (tertiary/aromatic N) is 1. The molecule has 2 rings (SSSR count). The van der Waals surface area contributed by atoms with Gasteiger partial charge in [0.2, 0.25) is 11.8 Å². The van der Waals surface area contributed by atoms with Gasteiger partial charge in [-0.25, -0.2) is 0 Å². The second-order valence-electron chi connectivity index (χ2n) is 5.34. The molecule has 0 atom stereocenters. The minimum Gasteiger partial charge on any atom is -0.369 e. The van der Waals surface area contributed by atoms with Crippen LogP contribution in [-0.2, 0) is 9.59 Å². The molecule has 1 aliphatic heterocycles. The van der Waals surface area contributed by atoms with E-state index in [9.17, 15) is 9.59 Å². The molecule has 2 N–H and O–H groups in total. The molecule has 4 nitrogen and oxygen atoms in total. The van der Waals surface area contributed by atoms with Crippen LogP contribution in [0.5, 0.6) is 0 Å². The van der Waals surface area contributed by atoms with Crippen molar-refractivity contribution in [1.82, 2.24) is 4.90 Å². The summed E-state index contributed by atoms with van der Waals surface area (Å²) < 4.78 is 0. The first-order chi connectivity index (χ1) is 8.18. The van der Waals surface area contributed by atoms with Crippen LogP contribution in [0.3, 0.4) is 0 Å². The lowest BCUT2D eigenvalue weighted by molar-refractivity contribution is -0.138. The van der Waals surface area contributed by atoms with Gasteiger partial charge >= 0.3 is 0 Å². The normalized spacial score (nSPS) is 30.0. The lowest BCUT2D eigenvalue weighted by atomic mass is 9.81. The first-order valence-electron chi connectivity index (χ1n) is 6.76. The molecule has 0 unspecified atom stereocenters. The maximum absolute atomic E-state index is 12.2. The molecule has 17 heavy (non-hydrogen) atoms. The number of carbonyl (C=O) groups is 2. The van der Waals surface area contributed by atoms with Gasteiger partial charge in [-0.1, -0.05) is 0 Å². The summed E-state index contributed by atoms with van der Waals surface area (Å²) in [4.78, 5) is 25.3. The maximum Gasteiger partial charge on any atom is 0.225 e. The Balaban J connectivity index is 1.83. The zero-order valence-corrected chi connectivity index (χ0v) is 10.4. The Morgan fingerprint density at radius 3 is 1.94 bits per heavy atom. The van der Waals surface area contributed by atoms with E-state index in [-0.39, 0.29) is 17.7 Å². The molecule has 1 heterocycles. The zero-order chi connectivity index (χ0) is 12.3. The van der Waals surface area contributed by atoms with Crippen molar-refractivity contribution in [3.8, 4) is 0 Å². The maximum atomic E-state index is 12.2. The SMILES string of the molecule is NC(=O)C1CCC(C(=O)N2CCCCC2)CC1. The van der Waals surface area contributed by atoms with Crippen LogP contribution in [0.1, 0.15) is 44.9 Å². The molecule has 0 aromatic rings. The second kappa shape index (κ2) is 5.52. The van der Waals surface area contributed by atoms with Crippen molar-refractivity contribution >= 4 is 11.8 Å². The van der Waals surface area contributed by atoms with Crippen molar-refractivity contribution in [2.75, 3.05) is 13.1 Å². The number of likely N-dealkylation sites (tertiary alicyclic amines) is 1. The van der Waals surface area contributed by atoms with Crippen LogP contribution in [0.2, 0.25) is 0 Å². The molecular weight excluding hydrogens is 216 g/mol. The summed E-state index contributed by atoms with van der Waals surface area (Å²) in [7, 11) is 0. The smallest absolute Gasteiger partial charge is 0.225 e. The second-order valence-corrected chi connectivity index (χ2v) is 5.34. The van der Waals surface area contributed by atoms with Crippen molar-refractivity contribution in [3.63, 3.8) is 0 Å². The fraction of sp³-hybridized carbons (Fsp3) is 0.846. The highest BCUT2D eigenvalue weighted by molar-refractivity contribution is 5.80. The van der Waals surface area contributed by atoms with E-state index < -0.39 is 0 Å². The quantitative estimate of drug-likeness (QED) is 0.788. The van der Waals surface area contributed by atoms with Gasteiger partial charge in [0, 0.05) is 24.9 Å². The molecule has 2 amide bonds. The van der Waals surface area contributed by atoms with Crippen molar-refractivity contribution in [2.45, 2.75) is 44.9 Å². The van der Waals surface area contributed by atoms with Crippen LogP contribution in [0.4, 0.5) is 0 Å². The van der Waals surface area contributed by atoms with Gasteiger partial charge in [-0.3, -0.25) is 9.59 Å². The van der Waals surface area contributed by atoms with Crippen LogP contribution >= 0.6 is 0 Å². The summed E-state index contributed by atoms with van der Waals surface area (Å²) in [5.74, 6) is 0.255. The summed E-state index contributed by atoms with van der Waals surface area (Å²) in [5, 5.41) is 0. The number of primary amides is 1. The lowest BCUT2D eigenvalue weighted by Gasteiger charge is -2.33. The molecule has 2 aliphatic rings. The molecule has 0 aromatic heterocycles. The minimum absolute atomic E-state index is 0.000376. The van der Waals surface area contributed by atoms with Crippen molar-refractivity contribution in [1.29, 1.82) is 0 Å². The average Bonchev–Trinajstić information content (AvgIpc) is 2.39. The summed E-state index contributed by atoms with van der Waals surface area (Å²) in [6.45, 7) is 1.85. The molecular formula is C13H22N2O2. The van der Waals surface area contributed by atoms with Gasteiger partial charge in [-0.15, -0.1) is 0 Å². The highest BCUT2D eigenvalue weighted by atomic mass is 16.2. The first kappa shape index (κ1) is 12.4. The molecule has 1 aliphatic carbocycles. The van der Waals surface area contributed by atoms with E-state index in [2.05, 4.69) is 0 Å². The van der Waals surface area contributed by atoms with Gasteiger partial charge in [0.1, 0.15) is 0 Å². The van der Waals surface area contributed by atoms with E-state index >= 15 is 0 Å². The van der Waals surface area contributed by atoms with E-state index in [0.717, 1.165) is 51.6 Å². The highest BCUT2D eigenvalue weighted by Gasteiger charge is 2.31. The summed E-state index contributed by atoms with van der Waals surface area (Å²) in [5.41, 5.74) is 5.30. The van der Waals surface area contributed by atoms with E-state index in [0.29, 0.717) is 5.91 Å². The van der Waals surface area contributed by atoms with Crippen LogP contribution in [0.15, 0.2) is 0 Å². The Kier molecular flexibility index (Phi) is 4.02. The Morgan fingerprint density at radius 1 is 0.882 bits per heavy atom. The molecule has 0 radical (unpaired) electrons. The van der Waals surface area contributed by atoms with Gasteiger partial charge in [-0.2, -0.15) is 0 Å². The van der Waals surface area contributed by atoms with E-state index in [1.165, 1.54) is 6.42 Å². The van der Waals surface area contributed by atoms with Crippen molar-refractivity contribution < 1.29 is 9.59 Å². The van der Waals surface area contributed by atoms with E-state index in [4.69, 9.17) is 5.73 Å². The van der Waals surface area contributed by atoms with E-state index in [1.807, 2.05) is 4.90 Å². The Morgan fingerprint density at radius 2 is 1.41 bits per heavy atom. The third-order valence-electron chi connectivity index (χ3n) is 4.15. The van der Waals surface area contributed by atoms with Crippen LogP contribution in [0, 0.1) is 11.8 Å². The van der Waals surface area contributed by atoms with Crippen molar-refractivity contribution in [2.24, 2.45) is 17.6 Å². The van der Waals surface area contributed by atoms with Gasteiger partial charge in [0.25, 0.3) is 0 Å². The number of nitrogens with two attached hydrogens (primary N) is 1. The first-order valence-corrected chi connectivity index (χ1v) is 6.76.